The van der Waals surface area contributed by atoms with E-state index in [4.69, 9.17) is 57.0 Å². The molecule has 0 radical (unpaired) electrons. The number of aromatic hydroxyl groups is 1. The van der Waals surface area contributed by atoms with Crippen LogP contribution in [0.4, 0.5) is 52.6 Å². The number of ketones is 1. The first kappa shape index (κ1) is 112. The van der Waals surface area contributed by atoms with Crippen LogP contribution in [-0.2, 0) is 19.0 Å². The minimum atomic E-state index is -4.64. The van der Waals surface area contributed by atoms with E-state index in [-0.39, 0.29) is 53.9 Å². The van der Waals surface area contributed by atoms with Gasteiger partial charge in [0.1, 0.15) is 58.3 Å². The Balaban J connectivity index is 0.000000328. The van der Waals surface area contributed by atoms with Crippen molar-refractivity contribution in [1.82, 2.24) is 74.9 Å². The maximum atomic E-state index is 12.4. The van der Waals surface area contributed by atoms with Gasteiger partial charge in [-0.3, -0.25) is 9.36 Å². The number of benzene rings is 4. The van der Waals surface area contributed by atoms with E-state index in [2.05, 4.69) is 98.3 Å². The average Bonchev–Trinajstić information content (AvgIpc) is 0.971. The summed E-state index contributed by atoms with van der Waals surface area (Å²) in [6.07, 6.45) is -1.83. The molecule has 4 aromatic carbocycles. The van der Waals surface area contributed by atoms with Crippen LogP contribution in [0, 0.1) is 43.4 Å². The molecule has 3 N–H and O–H groups in total. The van der Waals surface area contributed by atoms with Crippen molar-refractivity contribution in [3.8, 4) is 35.1 Å². The number of rotatable bonds is 8. The zero-order valence-electron chi connectivity index (χ0n) is 81.4. The molecule has 7 amide bonds. The predicted octanol–water partition coefficient (Wildman–Crippen LogP) is 17.7. The van der Waals surface area contributed by atoms with Gasteiger partial charge in [0.15, 0.2) is 22.4 Å². The number of Topliss-reactive ketones (excluding diaryl/α,β-unsaturated/α-hetero) is 1. The summed E-state index contributed by atoms with van der Waals surface area (Å²) in [5.74, 6) is 2.93. The molecule has 12 rings (SSSR count). The second-order valence-electron chi connectivity index (χ2n) is 35.3. The molecule has 38 heteroatoms. The Hall–Kier alpha value is -11.7. The zero-order chi connectivity index (χ0) is 100. The van der Waals surface area contributed by atoms with Crippen molar-refractivity contribution < 1.29 is 86.4 Å². The maximum Gasteiger partial charge on any atom is 0.449 e. The minimum absolute atomic E-state index is 0.119. The number of alkyl halides is 4. The summed E-state index contributed by atoms with van der Waals surface area (Å²) in [5, 5.41) is 47.6. The van der Waals surface area contributed by atoms with Crippen LogP contribution in [0.3, 0.4) is 0 Å². The van der Waals surface area contributed by atoms with E-state index in [1.54, 1.807) is 71.0 Å². The largest absolute Gasteiger partial charge is 0.508 e. The first-order valence-electron chi connectivity index (χ1n) is 44.5. The molecule has 0 unspecified atom stereocenters. The topological polar surface area (TPSA) is 379 Å². The first-order chi connectivity index (χ1) is 62.8. The molecular weight excluding hydrogens is 1850 g/mol. The quantitative estimate of drug-likeness (QED) is 0.0722. The maximum absolute atomic E-state index is 12.4. The van der Waals surface area contributed by atoms with E-state index >= 15 is 0 Å². The number of phenols is 1. The third-order valence-electron chi connectivity index (χ3n) is 19.8. The number of hydrogen-bond acceptors (Lipinski definition) is 25. The Morgan fingerprint density at radius 3 is 1.11 bits per heavy atom. The van der Waals surface area contributed by atoms with Gasteiger partial charge in [0.05, 0.1) is 0 Å². The fraction of sp³-hybridized carbons (Fsp3) is 0.526. The summed E-state index contributed by atoms with van der Waals surface area (Å²) >= 11 is 7.34. The lowest BCUT2D eigenvalue weighted by molar-refractivity contribution is -0.168. The molecule has 0 aliphatic carbocycles. The Bertz CT molecular complexity index is 4900. The normalized spacial score (nSPS) is 14.4. The highest BCUT2D eigenvalue weighted by atomic mass is 127. The summed E-state index contributed by atoms with van der Waals surface area (Å²) in [4.78, 5) is 112. The van der Waals surface area contributed by atoms with E-state index in [9.17, 15) is 51.5 Å². The number of phenolic OH excluding ortho intramolecular Hbond substituents is 1. The molecule has 5 aliphatic heterocycles. The summed E-state index contributed by atoms with van der Waals surface area (Å²) in [7, 11) is 0. The first-order valence-corrected chi connectivity index (χ1v) is 45.7. The second kappa shape index (κ2) is 55.7. The Labute approximate surface area is 800 Å². The molecule has 33 nitrogen and oxygen atoms in total. The zero-order valence-corrected chi connectivity index (χ0v) is 83.3. The van der Waals surface area contributed by atoms with Crippen LogP contribution in [-0.4, -0.2) is 277 Å². The molecule has 8 heterocycles. The number of hydrogen-bond donors (Lipinski definition) is 3. The number of piperazine rings is 5. The molecule has 5 saturated heterocycles. The Morgan fingerprint density at radius 2 is 0.789 bits per heavy atom. The fourth-order valence-electron chi connectivity index (χ4n) is 12.9. The third kappa shape index (κ3) is 42.4. The monoisotopic (exact) mass is 1990 g/mol. The lowest BCUT2D eigenvalue weighted by atomic mass is 9.98. The van der Waals surface area contributed by atoms with Gasteiger partial charge < -0.3 is 83.4 Å². The summed E-state index contributed by atoms with van der Waals surface area (Å²) in [6.45, 7) is 52.8. The lowest BCUT2D eigenvalue weighted by Crippen LogP contribution is -2.52. The molecule has 3 aromatic heterocycles. The number of halogens is 5. The van der Waals surface area contributed by atoms with Crippen molar-refractivity contribution in [2.75, 3.05) is 141 Å². The van der Waals surface area contributed by atoms with E-state index in [0.717, 1.165) is 44.8 Å². The van der Waals surface area contributed by atoms with Gasteiger partial charge in [-0.1, -0.05) is 120 Å². The van der Waals surface area contributed by atoms with Crippen molar-refractivity contribution >= 4 is 88.4 Å². The van der Waals surface area contributed by atoms with Gasteiger partial charge in [-0.05, 0) is 223 Å². The van der Waals surface area contributed by atoms with E-state index < -0.39 is 23.2 Å². The number of amides is 7. The van der Waals surface area contributed by atoms with E-state index in [0.29, 0.717) is 167 Å². The Kier molecular flexibility index (Phi) is 46.9. The minimum Gasteiger partial charge on any atom is -0.508 e. The van der Waals surface area contributed by atoms with Crippen LogP contribution in [0.25, 0.3) is 0 Å². The van der Waals surface area contributed by atoms with Gasteiger partial charge in [-0.25, -0.2) is 38.5 Å². The molecule has 0 bridgehead atoms. The molecular formula is C95H133ClF3IN18O15. The number of nitrogens with one attached hydrogen (secondary N) is 2. The number of carbonyl (C=O) groups excluding carboxylic acids is 8. The molecule has 728 valence electrons. The highest BCUT2D eigenvalue weighted by Gasteiger charge is 2.35. The highest BCUT2D eigenvalue weighted by Crippen LogP contribution is 2.29. The second-order valence-corrected chi connectivity index (χ2v) is 35.6. The average molecular weight is 1990 g/mol. The van der Waals surface area contributed by atoms with E-state index in [1.807, 2.05) is 183 Å². The smallest absolute Gasteiger partial charge is 0.449 e. The fourth-order valence-corrected chi connectivity index (χ4v) is 13.0. The number of anilines is 1. The predicted molar refractivity (Wildman–Crippen MR) is 512 cm³/mol. The van der Waals surface area contributed by atoms with Crippen molar-refractivity contribution in [3.63, 3.8) is 0 Å². The van der Waals surface area contributed by atoms with Crippen molar-refractivity contribution in [1.29, 1.82) is 10.5 Å². The van der Waals surface area contributed by atoms with Gasteiger partial charge in [0.25, 0.3) is 0 Å². The molecule has 0 atom stereocenters. The molecule has 0 spiro atoms. The van der Waals surface area contributed by atoms with E-state index in [1.165, 1.54) is 56.4 Å². The van der Waals surface area contributed by atoms with Gasteiger partial charge >= 0.3 is 48.8 Å². The van der Waals surface area contributed by atoms with Crippen LogP contribution in [0.15, 0.2) is 122 Å². The third-order valence-corrected chi connectivity index (χ3v) is 20.0. The van der Waals surface area contributed by atoms with Crippen molar-refractivity contribution in [2.24, 2.45) is 0 Å². The molecule has 0 saturated carbocycles. The van der Waals surface area contributed by atoms with Gasteiger partial charge in [-0.2, -0.15) is 23.7 Å². The molecule has 5 aliphatic rings. The number of ether oxygens (including phenoxy) is 6. The van der Waals surface area contributed by atoms with Crippen LogP contribution in [0.2, 0.25) is 5.15 Å². The molecule has 5 fully saturated rings. The van der Waals surface area contributed by atoms with Gasteiger partial charge in [0.2, 0.25) is 5.78 Å². The van der Waals surface area contributed by atoms with Gasteiger partial charge in [0, 0.05) is 152 Å². The summed E-state index contributed by atoms with van der Waals surface area (Å²) < 4.78 is 72.4. The number of aromatic nitrogens is 6. The Morgan fingerprint density at radius 1 is 0.459 bits per heavy atom. The van der Waals surface area contributed by atoms with Crippen LogP contribution < -0.4 is 29.7 Å². The number of aryl methyl sites for hydroxylation is 3. The molecule has 133 heavy (non-hydrogen) atoms. The standard InChI is InChI=1S/C20H30N2O4.C19H21N5O2.C15H22N2O2.C13H20N4O3.C10H14O.C9H18N2O2.C5H2ClN3.C3H3F3O.CH3I/c1-14(2)17-8-7-16(13-15(17)3)25-18(23)21-9-11-22(12-10-21)19(24)26-20(4,5)6;1-14(2)15-3-6-17(7-4-15)26-19(25)24-11-9-23(10-12-24)18-8-5-16(13-20)21-22-18;1-11(2)14-5-4-13(10-12(14)3)19-15(18)17-8-6-16-7-9-17;1-13(2,3)20-12(19)16-8-6-15(7-9-16)11(18)17-5-4-14-10-17;1-7(2)10-5-4-9(11)6-8(10)3;1-9(2,3)13-8(12)11-6-4-10-5-7-11;6-5-2-1-4(3-7)8-9-5;1-2(7)3(4,5)6;1-2/h7-8,13-14H,9-12H2,1-6H3;3-8,14H,9-12H2,1-2H3;4-5,10-11,16H,6-9H2,1-3H3;4-5,10H,6-9H2,1-3H3;4-7,11H,1-3H3;10H,4-7H2,1-3H3;1-2H;1H3;1H3/i;;;;;;;;1D. The highest BCUT2D eigenvalue weighted by molar-refractivity contribution is 14.1. The summed E-state index contributed by atoms with van der Waals surface area (Å²) in [5.41, 5.74) is 7.66. The van der Waals surface area contributed by atoms with Crippen LogP contribution >= 0.6 is 34.2 Å². The number of nitrogens with zero attached hydrogens (tertiary/aromatic N) is 16. The SMILES string of the molecule is CC(=O)C(F)(F)F.CC(C)(C)OC(=O)N1CCN(C(=O)n2ccnc2)CC1.CC(C)(C)OC(=O)N1CCNCC1.CC(C)c1ccc(OC(=O)N2CCN(c3ccc(C#N)nn3)CC2)cc1.Cc1cc(O)ccc1C(C)C.Cc1cc(OC(=O)N2CCN(C(=O)OC(C)(C)C)CC2)ccc1C(C)C.Cc1cc(OC(=O)N2CCNCC2)ccc1C(C)C.N#Cc1ccc(Cl)nn1.[2H]CI. The van der Waals surface area contributed by atoms with Crippen LogP contribution in [0.5, 0.6) is 23.0 Å². The summed E-state index contributed by atoms with van der Waals surface area (Å²) in [6, 6.07) is 34.8. The number of carbonyl (C=O) groups is 8. The number of nitriles is 2. The number of imidazole rings is 1. The van der Waals surface area contributed by atoms with Gasteiger partial charge in [-0.15, -0.1) is 20.4 Å². The van der Waals surface area contributed by atoms with Crippen molar-refractivity contribution in [2.45, 2.75) is 192 Å². The molecule has 7 aromatic rings. The van der Waals surface area contributed by atoms with Crippen molar-refractivity contribution in [3.05, 3.63) is 177 Å². The lowest BCUT2D eigenvalue weighted by Gasteiger charge is -2.35. The van der Waals surface area contributed by atoms with Crippen LogP contribution in [0.1, 0.15) is 200 Å².